The van der Waals surface area contributed by atoms with Crippen LogP contribution in [0.2, 0.25) is 5.02 Å². The SMILES string of the molecule is CCOc1cc(CNc2cccc(NC(=O)CC(C)C)c2)ccc1OCc1ccccc1Cl. The van der Waals surface area contributed by atoms with Gasteiger partial charge in [0, 0.05) is 34.9 Å². The van der Waals surface area contributed by atoms with Crippen LogP contribution < -0.4 is 20.1 Å². The minimum absolute atomic E-state index is 0.0240. The third kappa shape index (κ3) is 7.72. The molecular weight excluding hydrogens is 436 g/mol. The largest absolute Gasteiger partial charge is 0.490 e. The van der Waals surface area contributed by atoms with E-state index in [-0.39, 0.29) is 5.91 Å². The molecule has 0 unspecified atom stereocenters. The Balaban J connectivity index is 1.63. The van der Waals surface area contributed by atoms with Crippen molar-refractivity contribution in [3.63, 3.8) is 0 Å². The maximum absolute atomic E-state index is 12.0. The van der Waals surface area contributed by atoms with Crippen molar-refractivity contribution in [3.8, 4) is 11.5 Å². The van der Waals surface area contributed by atoms with Crippen LogP contribution in [0.15, 0.2) is 66.7 Å². The summed E-state index contributed by atoms with van der Waals surface area (Å²) >= 11 is 6.23. The molecule has 3 aromatic rings. The molecule has 0 bridgehead atoms. The van der Waals surface area contributed by atoms with Gasteiger partial charge in [0.2, 0.25) is 5.91 Å². The number of ether oxygens (including phenoxy) is 2. The Labute approximate surface area is 201 Å². The minimum atomic E-state index is 0.0240. The van der Waals surface area contributed by atoms with E-state index in [0.717, 1.165) is 22.5 Å². The Kier molecular flexibility index (Phi) is 9.02. The zero-order valence-electron chi connectivity index (χ0n) is 19.4. The maximum Gasteiger partial charge on any atom is 0.224 e. The molecular formula is C27H31ClN2O3. The average molecular weight is 467 g/mol. The summed E-state index contributed by atoms with van der Waals surface area (Å²) < 4.78 is 11.8. The normalized spacial score (nSPS) is 10.7. The predicted octanol–water partition coefficient (Wildman–Crippen LogP) is 6.91. The van der Waals surface area contributed by atoms with E-state index in [0.29, 0.717) is 48.6 Å². The summed E-state index contributed by atoms with van der Waals surface area (Å²) in [6.07, 6.45) is 0.503. The van der Waals surface area contributed by atoms with E-state index in [9.17, 15) is 4.79 Å². The fourth-order valence-electron chi connectivity index (χ4n) is 3.31. The lowest BCUT2D eigenvalue weighted by molar-refractivity contribution is -0.116. The number of carbonyl (C=O) groups excluding carboxylic acids is 1. The first kappa shape index (κ1) is 24.5. The predicted molar refractivity (Wildman–Crippen MR) is 135 cm³/mol. The number of halogens is 1. The van der Waals surface area contributed by atoms with Crippen LogP contribution in [0.1, 0.15) is 38.3 Å². The Morgan fingerprint density at radius 2 is 1.73 bits per heavy atom. The molecule has 5 nitrogen and oxygen atoms in total. The third-order valence-electron chi connectivity index (χ3n) is 4.89. The molecule has 0 saturated heterocycles. The second-order valence-electron chi connectivity index (χ2n) is 8.17. The summed E-state index contributed by atoms with van der Waals surface area (Å²) in [6.45, 7) is 7.52. The Morgan fingerprint density at radius 3 is 2.48 bits per heavy atom. The molecule has 0 aliphatic heterocycles. The lowest BCUT2D eigenvalue weighted by Gasteiger charge is -2.15. The molecule has 0 spiro atoms. The van der Waals surface area contributed by atoms with Crippen molar-refractivity contribution in [2.24, 2.45) is 5.92 Å². The Bertz CT molecular complexity index is 1070. The van der Waals surface area contributed by atoms with Gasteiger partial charge in [-0.3, -0.25) is 4.79 Å². The van der Waals surface area contributed by atoms with Crippen LogP contribution in [0, 0.1) is 5.92 Å². The lowest BCUT2D eigenvalue weighted by Crippen LogP contribution is -2.13. The van der Waals surface area contributed by atoms with E-state index < -0.39 is 0 Å². The minimum Gasteiger partial charge on any atom is -0.490 e. The second kappa shape index (κ2) is 12.2. The molecule has 0 aliphatic carbocycles. The summed E-state index contributed by atoms with van der Waals surface area (Å²) in [4.78, 5) is 12.0. The highest BCUT2D eigenvalue weighted by Crippen LogP contribution is 2.30. The summed E-state index contributed by atoms with van der Waals surface area (Å²) in [5, 5.41) is 7.04. The van der Waals surface area contributed by atoms with Gasteiger partial charge in [-0.1, -0.05) is 55.8 Å². The second-order valence-corrected chi connectivity index (χ2v) is 8.58. The van der Waals surface area contributed by atoms with Crippen molar-refractivity contribution in [1.82, 2.24) is 0 Å². The fraction of sp³-hybridized carbons (Fsp3) is 0.296. The Hall–Kier alpha value is -3.18. The van der Waals surface area contributed by atoms with E-state index in [1.165, 1.54) is 0 Å². The van der Waals surface area contributed by atoms with Crippen molar-refractivity contribution >= 4 is 28.9 Å². The molecule has 6 heteroatoms. The summed E-state index contributed by atoms with van der Waals surface area (Å²) in [7, 11) is 0. The highest BCUT2D eigenvalue weighted by Gasteiger charge is 2.09. The number of amides is 1. The zero-order chi connectivity index (χ0) is 23.6. The van der Waals surface area contributed by atoms with Crippen molar-refractivity contribution in [3.05, 3.63) is 82.9 Å². The first-order valence-electron chi connectivity index (χ1n) is 11.2. The van der Waals surface area contributed by atoms with Crippen LogP contribution >= 0.6 is 11.6 Å². The van der Waals surface area contributed by atoms with Gasteiger partial charge in [0.05, 0.1) is 6.61 Å². The molecule has 33 heavy (non-hydrogen) atoms. The third-order valence-corrected chi connectivity index (χ3v) is 5.25. The molecule has 0 aliphatic rings. The fourth-order valence-corrected chi connectivity index (χ4v) is 3.51. The topological polar surface area (TPSA) is 59.6 Å². The highest BCUT2D eigenvalue weighted by molar-refractivity contribution is 6.31. The van der Waals surface area contributed by atoms with Gasteiger partial charge in [-0.25, -0.2) is 0 Å². The van der Waals surface area contributed by atoms with Gasteiger partial charge in [-0.05, 0) is 54.8 Å². The van der Waals surface area contributed by atoms with E-state index in [4.69, 9.17) is 21.1 Å². The van der Waals surface area contributed by atoms with Crippen molar-refractivity contribution in [2.75, 3.05) is 17.2 Å². The summed E-state index contributed by atoms with van der Waals surface area (Å²) in [5.74, 6) is 1.72. The van der Waals surface area contributed by atoms with Crippen molar-refractivity contribution in [2.45, 2.75) is 40.3 Å². The molecule has 1 amide bonds. The van der Waals surface area contributed by atoms with Crippen LogP contribution in [0.5, 0.6) is 11.5 Å². The number of benzene rings is 3. The molecule has 3 aromatic carbocycles. The molecule has 174 valence electrons. The zero-order valence-corrected chi connectivity index (χ0v) is 20.1. The van der Waals surface area contributed by atoms with Crippen molar-refractivity contribution < 1.29 is 14.3 Å². The first-order chi connectivity index (χ1) is 15.9. The van der Waals surface area contributed by atoms with Gasteiger partial charge >= 0.3 is 0 Å². The van der Waals surface area contributed by atoms with E-state index in [1.807, 2.05) is 87.5 Å². The van der Waals surface area contributed by atoms with Gasteiger partial charge < -0.3 is 20.1 Å². The van der Waals surface area contributed by atoms with Gasteiger partial charge in [0.15, 0.2) is 11.5 Å². The maximum atomic E-state index is 12.0. The highest BCUT2D eigenvalue weighted by atomic mass is 35.5. The molecule has 0 radical (unpaired) electrons. The Morgan fingerprint density at radius 1 is 0.939 bits per heavy atom. The molecule has 0 aromatic heterocycles. The lowest BCUT2D eigenvalue weighted by atomic mass is 10.1. The van der Waals surface area contributed by atoms with Crippen LogP contribution in [0.25, 0.3) is 0 Å². The van der Waals surface area contributed by atoms with Gasteiger partial charge in [0.1, 0.15) is 6.61 Å². The molecule has 0 heterocycles. The van der Waals surface area contributed by atoms with Gasteiger partial charge in [-0.2, -0.15) is 0 Å². The first-order valence-corrected chi connectivity index (χ1v) is 11.6. The molecule has 0 fully saturated rings. The number of hydrogen-bond acceptors (Lipinski definition) is 4. The van der Waals surface area contributed by atoms with Crippen LogP contribution in [-0.2, 0) is 17.9 Å². The molecule has 2 N–H and O–H groups in total. The number of rotatable bonds is 11. The number of nitrogens with one attached hydrogen (secondary N) is 2. The van der Waals surface area contributed by atoms with Crippen LogP contribution in [0.4, 0.5) is 11.4 Å². The van der Waals surface area contributed by atoms with Gasteiger partial charge in [-0.15, -0.1) is 0 Å². The average Bonchev–Trinajstić information content (AvgIpc) is 2.78. The number of hydrogen-bond donors (Lipinski definition) is 2. The van der Waals surface area contributed by atoms with E-state index >= 15 is 0 Å². The smallest absolute Gasteiger partial charge is 0.224 e. The number of anilines is 2. The standard InChI is InChI=1S/C27H31ClN2O3/c1-4-32-26-15-20(12-13-25(26)33-18-21-8-5-6-11-24(21)28)17-29-22-9-7-10-23(16-22)30-27(31)14-19(2)3/h5-13,15-16,19,29H,4,14,17-18H2,1-3H3,(H,30,31). The summed E-state index contributed by atoms with van der Waals surface area (Å²) in [5.41, 5.74) is 3.68. The van der Waals surface area contributed by atoms with Crippen LogP contribution in [0.3, 0.4) is 0 Å². The van der Waals surface area contributed by atoms with Gasteiger partial charge in [0.25, 0.3) is 0 Å². The van der Waals surface area contributed by atoms with E-state index in [1.54, 1.807) is 0 Å². The quantitative estimate of drug-likeness (QED) is 0.322. The number of carbonyl (C=O) groups is 1. The molecule has 0 saturated carbocycles. The molecule has 0 atom stereocenters. The van der Waals surface area contributed by atoms with E-state index in [2.05, 4.69) is 10.6 Å². The van der Waals surface area contributed by atoms with Crippen LogP contribution in [-0.4, -0.2) is 12.5 Å². The van der Waals surface area contributed by atoms with Crippen molar-refractivity contribution in [1.29, 1.82) is 0 Å². The summed E-state index contributed by atoms with van der Waals surface area (Å²) in [6, 6.07) is 21.3. The molecule has 3 rings (SSSR count). The monoisotopic (exact) mass is 466 g/mol.